The summed E-state index contributed by atoms with van der Waals surface area (Å²) in [6.45, 7) is 2.84. The second-order valence-electron chi connectivity index (χ2n) is 8.26. The number of amides is 1. The first kappa shape index (κ1) is 16.4. The van der Waals surface area contributed by atoms with Crippen molar-refractivity contribution in [3.63, 3.8) is 0 Å². The predicted octanol–water partition coefficient (Wildman–Crippen LogP) is 2.12. The van der Waals surface area contributed by atoms with Gasteiger partial charge in [-0.3, -0.25) is 9.89 Å². The lowest BCUT2D eigenvalue weighted by Crippen LogP contribution is -2.63. The quantitative estimate of drug-likeness (QED) is 0.540. The van der Waals surface area contributed by atoms with Gasteiger partial charge in [0.1, 0.15) is 6.33 Å². The smallest absolute Gasteiger partial charge is 0.226 e. The second kappa shape index (κ2) is 5.73. The van der Waals surface area contributed by atoms with Crippen LogP contribution >= 0.6 is 11.8 Å². The van der Waals surface area contributed by atoms with Gasteiger partial charge in [-0.05, 0) is 49.9 Å². The van der Waals surface area contributed by atoms with Crippen molar-refractivity contribution in [3.8, 4) is 0 Å². The van der Waals surface area contributed by atoms with Crippen molar-refractivity contribution >= 4 is 17.7 Å². The van der Waals surface area contributed by atoms with E-state index < -0.39 is 5.60 Å². The van der Waals surface area contributed by atoms with E-state index in [4.69, 9.17) is 0 Å². The first-order chi connectivity index (χ1) is 11.5. The summed E-state index contributed by atoms with van der Waals surface area (Å²) in [5, 5.41) is 21.5. The number of carbonyl (C=O) groups excluding carboxylic acids is 1. The number of carbonyl (C=O) groups is 1. The van der Waals surface area contributed by atoms with E-state index in [9.17, 15) is 9.90 Å². The molecular weight excluding hydrogens is 324 g/mol. The molecule has 0 aromatic carbocycles. The fourth-order valence-electron chi connectivity index (χ4n) is 6.00. The molecule has 4 aliphatic carbocycles. The van der Waals surface area contributed by atoms with Gasteiger partial charge in [0.2, 0.25) is 5.91 Å². The van der Waals surface area contributed by atoms with E-state index in [-0.39, 0.29) is 16.7 Å². The van der Waals surface area contributed by atoms with Crippen LogP contribution in [-0.2, 0) is 4.79 Å². The number of hydrogen-bond donors (Lipinski definition) is 3. The van der Waals surface area contributed by atoms with Crippen LogP contribution in [0.5, 0.6) is 0 Å². The first-order valence-corrected chi connectivity index (χ1v) is 9.94. The highest BCUT2D eigenvalue weighted by Gasteiger charge is 2.64. The number of H-pyrrole nitrogens is 1. The molecule has 1 heterocycles. The fraction of sp³-hybridized carbons (Fsp3) is 0.824. The topological polar surface area (TPSA) is 90.9 Å². The summed E-state index contributed by atoms with van der Waals surface area (Å²) >= 11 is 1.56. The lowest BCUT2D eigenvalue weighted by Gasteiger charge is -2.64. The molecule has 4 bridgehead atoms. The Labute approximate surface area is 146 Å². The van der Waals surface area contributed by atoms with Gasteiger partial charge in [-0.1, -0.05) is 25.1 Å². The Morgan fingerprint density at radius 2 is 2.29 bits per heavy atom. The zero-order valence-corrected chi connectivity index (χ0v) is 15.0. The number of thioether (sulfide) groups is 1. The zero-order valence-electron chi connectivity index (χ0n) is 14.2. The van der Waals surface area contributed by atoms with Crippen LogP contribution in [0.1, 0.15) is 51.9 Å². The predicted molar refractivity (Wildman–Crippen MR) is 91.4 cm³/mol. The third-order valence-electron chi connectivity index (χ3n) is 6.41. The lowest BCUT2D eigenvalue weighted by molar-refractivity contribution is -0.204. The standard InChI is InChI=1S/C17H26N4O2S/c1-2-15-5-12-6-16(8-15,10-17(23,7-12)9-15)13(22)18-3-4-24-14-19-11-20-21-14/h11-12,23H,2-10H2,1H3,(H,18,22)(H,19,20,21)/t12-,15+,16+,17+/m0/s1. The number of hydrogen-bond acceptors (Lipinski definition) is 5. The molecule has 1 aromatic heterocycles. The van der Waals surface area contributed by atoms with Crippen molar-refractivity contribution in [2.75, 3.05) is 12.3 Å². The van der Waals surface area contributed by atoms with Gasteiger partial charge >= 0.3 is 0 Å². The van der Waals surface area contributed by atoms with E-state index in [2.05, 4.69) is 27.4 Å². The van der Waals surface area contributed by atoms with E-state index in [1.807, 2.05) is 0 Å². The SMILES string of the molecule is CC[C@]12C[C@@H]3C[C@@](O)(C1)C[C@@](C(=O)NCCSc1ncn[nH]1)(C3)C2. The third-order valence-corrected chi connectivity index (χ3v) is 7.28. The van der Waals surface area contributed by atoms with Gasteiger partial charge in [-0.25, -0.2) is 4.98 Å². The molecule has 0 spiro atoms. The summed E-state index contributed by atoms with van der Waals surface area (Å²) in [6, 6.07) is 0. The van der Waals surface area contributed by atoms with Gasteiger partial charge in [0, 0.05) is 12.3 Å². The van der Waals surface area contributed by atoms with E-state index >= 15 is 0 Å². The van der Waals surface area contributed by atoms with Gasteiger partial charge in [-0.2, -0.15) is 5.10 Å². The molecule has 4 fully saturated rings. The number of nitrogens with one attached hydrogen (secondary N) is 2. The van der Waals surface area contributed by atoms with Gasteiger partial charge in [0.05, 0.1) is 11.0 Å². The summed E-state index contributed by atoms with van der Waals surface area (Å²) in [7, 11) is 0. The molecule has 24 heavy (non-hydrogen) atoms. The Balaban J connectivity index is 1.40. The first-order valence-electron chi connectivity index (χ1n) is 8.96. The molecule has 0 unspecified atom stereocenters. The van der Waals surface area contributed by atoms with E-state index in [1.165, 1.54) is 12.7 Å². The van der Waals surface area contributed by atoms with Crippen LogP contribution in [0, 0.1) is 16.7 Å². The molecule has 0 aliphatic heterocycles. The Kier molecular flexibility index (Phi) is 3.91. The molecule has 4 aliphatic rings. The molecule has 5 rings (SSSR count). The Hall–Kier alpha value is -1.08. The monoisotopic (exact) mass is 350 g/mol. The van der Waals surface area contributed by atoms with Crippen LogP contribution in [0.15, 0.2) is 11.5 Å². The van der Waals surface area contributed by atoms with Crippen molar-refractivity contribution in [1.29, 1.82) is 0 Å². The van der Waals surface area contributed by atoms with Gasteiger partial charge in [0.15, 0.2) is 5.16 Å². The fourth-order valence-corrected chi connectivity index (χ4v) is 6.63. The van der Waals surface area contributed by atoms with E-state index in [1.54, 1.807) is 11.8 Å². The lowest BCUT2D eigenvalue weighted by atomic mass is 9.42. The summed E-state index contributed by atoms with van der Waals surface area (Å²) in [5.74, 6) is 1.44. The maximum absolute atomic E-state index is 13.0. The molecule has 0 radical (unpaired) electrons. The van der Waals surface area contributed by atoms with Crippen LogP contribution in [-0.4, -0.2) is 44.1 Å². The highest BCUT2D eigenvalue weighted by atomic mass is 32.2. The molecule has 4 saturated carbocycles. The summed E-state index contributed by atoms with van der Waals surface area (Å²) < 4.78 is 0. The number of nitrogens with zero attached hydrogens (tertiary/aromatic N) is 2. The van der Waals surface area contributed by atoms with Crippen molar-refractivity contribution in [3.05, 3.63) is 6.33 Å². The second-order valence-corrected chi connectivity index (χ2v) is 9.35. The van der Waals surface area contributed by atoms with Gasteiger partial charge < -0.3 is 10.4 Å². The molecule has 4 atom stereocenters. The number of aliphatic hydroxyl groups is 1. The highest BCUT2D eigenvalue weighted by Crippen LogP contribution is 2.67. The van der Waals surface area contributed by atoms with Crippen LogP contribution in [0.25, 0.3) is 0 Å². The summed E-state index contributed by atoms with van der Waals surface area (Å²) in [5.41, 5.74) is -0.775. The van der Waals surface area contributed by atoms with Crippen LogP contribution in [0.2, 0.25) is 0 Å². The molecule has 1 amide bonds. The molecule has 132 valence electrons. The Morgan fingerprint density at radius 1 is 1.42 bits per heavy atom. The average molecular weight is 350 g/mol. The van der Waals surface area contributed by atoms with E-state index in [0.717, 1.165) is 43.0 Å². The van der Waals surface area contributed by atoms with Gasteiger partial charge in [-0.15, -0.1) is 0 Å². The van der Waals surface area contributed by atoms with Gasteiger partial charge in [0.25, 0.3) is 0 Å². The minimum atomic E-state index is -0.610. The number of aromatic nitrogens is 3. The van der Waals surface area contributed by atoms with Crippen molar-refractivity contribution < 1.29 is 9.90 Å². The average Bonchev–Trinajstić information content (AvgIpc) is 3.02. The Morgan fingerprint density at radius 3 is 3.00 bits per heavy atom. The summed E-state index contributed by atoms with van der Waals surface area (Å²) in [6.07, 6.45) is 8.11. The number of rotatable bonds is 6. The Bertz CT molecular complexity index is 624. The molecule has 1 aromatic rings. The normalized spacial score (nSPS) is 40.0. The molecular formula is C17H26N4O2S. The largest absolute Gasteiger partial charge is 0.390 e. The molecule has 6 nitrogen and oxygen atoms in total. The highest BCUT2D eigenvalue weighted by molar-refractivity contribution is 7.99. The van der Waals surface area contributed by atoms with Crippen molar-refractivity contribution in [1.82, 2.24) is 20.5 Å². The minimum Gasteiger partial charge on any atom is -0.390 e. The maximum Gasteiger partial charge on any atom is 0.226 e. The van der Waals surface area contributed by atoms with Crippen LogP contribution < -0.4 is 5.32 Å². The van der Waals surface area contributed by atoms with Crippen LogP contribution in [0.3, 0.4) is 0 Å². The molecule has 3 N–H and O–H groups in total. The minimum absolute atomic E-state index is 0.154. The molecule has 7 heteroatoms. The van der Waals surface area contributed by atoms with Crippen LogP contribution in [0.4, 0.5) is 0 Å². The third kappa shape index (κ3) is 2.75. The van der Waals surface area contributed by atoms with Crippen molar-refractivity contribution in [2.45, 2.75) is 62.6 Å². The zero-order chi connectivity index (χ0) is 16.8. The van der Waals surface area contributed by atoms with E-state index in [0.29, 0.717) is 18.9 Å². The molecule has 0 saturated heterocycles. The van der Waals surface area contributed by atoms with Crippen molar-refractivity contribution in [2.24, 2.45) is 16.7 Å². The number of aromatic amines is 1. The summed E-state index contributed by atoms with van der Waals surface area (Å²) in [4.78, 5) is 17.1. The maximum atomic E-state index is 13.0.